The third-order valence-electron chi connectivity index (χ3n) is 1.41. The van der Waals surface area contributed by atoms with Gasteiger partial charge in [0, 0.05) is 0 Å². The number of aliphatic hydroxyl groups is 1. The Balaban J connectivity index is 3.55. The molecular formula is C8H16O. The van der Waals surface area contributed by atoms with E-state index in [1.807, 2.05) is 6.92 Å². The van der Waals surface area contributed by atoms with Crippen molar-refractivity contribution in [2.75, 3.05) is 0 Å². The SMILES string of the molecule is CCC/C=C(\C)C(C)O. The minimum atomic E-state index is -0.267. The molecule has 1 nitrogen and oxygen atoms in total. The molecule has 0 aliphatic heterocycles. The van der Waals surface area contributed by atoms with E-state index in [4.69, 9.17) is 5.11 Å². The fourth-order valence-electron chi connectivity index (χ4n) is 0.543. The minimum Gasteiger partial charge on any atom is -0.389 e. The molecular weight excluding hydrogens is 112 g/mol. The van der Waals surface area contributed by atoms with Crippen LogP contribution in [-0.2, 0) is 0 Å². The summed E-state index contributed by atoms with van der Waals surface area (Å²) in [5.74, 6) is 0. The maximum absolute atomic E-state index is 8.98. The number of allylic oxidation sites excluding steroid dienone is 1. The number of rotatable bonds is 3. The summed E-state index contributed by atoms with van der Waals surface area (Å²) in [6, 6.07) is 0. The van der Waals surface area contributed by atoms with E-state index in [1.165, 1.54) is 0 Å². The summed E-state index contributed by atoms with van der Waals surface area (Å²) in [5.41, 5.74) is 1.08. The van der Waals surface area contributed by atoms with Crippen LogP contribution in [0.25, 0.3) is 0 Å². The Morgan fingerprint density at radius 3 is 2.56 bits per heavy atom. The number of aliphatic hydroxyl groups excluding tert-OH is 1. The smallest absolute Gasteiger partial charge is 0.0719 e. The number of hydrogen-bond acceptors (Lipinski definition) is 1. The van der Waals surface area contributed by atoms with E-state index in [2.05, 4.69) is 13.0 Å². The third-order valence-corrected chi connectivity index (χ3v) is 1.41. The second-order valence-corrected chi connectivity index (χ2v) is 2.41. The van der Waals surface area contributed by atoms with E-state index in [1.54, 1.807) is 6.92 Å². The molecule has 0 heterocycles. The maximum Gasteiger partial charge on any atom is 0.0719 e. The molecule has 0 saturated heterocycles. The second kappa shape index (κ2) is 4.57. The summed E-state index contributed by atoms with van der Waals surface area (Å²) in [4.78, 5) is 0. The molecule has 0 radical (unpaired) electrons. The molecule has 0 rings (SSSR count). The average Bonchev–Trinajstić information content (AvgIpc) is 1.82. The molecule has 54 valence electrons. The molecule has 0 aromatic heterocycles. The molecule has 1 N–H and O–H groups in total. The first-order chi connectivity index (χ1) is 4.18. The molecule has 1 heteroatoms. The predicted molar refractivity (Wildman–Crippen MR) is 40.3 cm³/mol. The Morgan fingerprint density at radius 1 is 1.67 bits per heavy atom. The molecule has 0 aliphatic rings. The molecule has 0 saturated carbocycles. The van der Waals surface area contributed by atoms with Crippen molar-refractivity contribution in [1.82, 2.24) is 0 Å². The van der Waals surface area contributed by atoms with Crippen LogP contribution < -0.4 is 0 Å². The van der Waals surface area contributed by atoms with Crippen molar-refractivity contribution >= 4 is 0 Å². The van der Waals surface area contributed by atoms with Crippen molar-refractivity contribution in [3.05, 3.63) is 11.6 Å². The lowest BCUT2D eigenvalue weighted by Crippen LogP contribution is -2.00. The Labute approximate surface area is 57.4 Å². The van der Waals surface area contributed by atoms with E-state index in [-0.39, 0.29) is 6.10 Å². The first-order valence-corrected chi connectivity index (χ1v) is 3.53. The third kappa shape index (κ3) is 4.22. The molecule has 1 unspecified atom stereocenters. The van der Waals surface area contributed by atoms with Gasteiger partial charge < -0.3 is 5.11 Å². The predicted octanol–water partition coefficient (Wildman–Crippen LogP) is 2.11. The molecule has 0 aromatic carbocycles. The van der Waals surface area contributed by atoms with Gasteiger partial charge in [0.25, 0.3) is 0 Å². The molecule has 0 aromatic rings. The van der Waals surface area contributed by atoms with Crippen LogP contribution in [0.1, 0.15) is 33.6 Å². The van der Waals surface area contributed by atoms with Crippen LogP contribution in [0.15, 0.2) is 11.6 Å². The molecule has 0 fully saturated rings. The summed E-state index contributed by atoms with van der Waals surface area (Å²) < 4.78 is 0. The van der Waals surface area contributed by atoms with Crippen LogP contribution in [-0.4, -0.2) is 11.2 Å². The normalized spacial score (nSPS) is 15.8. The van der Waals surface area contributed by atoms with Crippen molar-refractivity contribution in [1.29, 1.82) is 0 Å². The zero-order valence-corrected chi connectivity index (χ0v) is 6.52. The molecule has 0 amide bonds. The van der Waals surface area contributed by atoms with Gasteiger partial charge >= 0.3 is 0 Å². The van der Waals surface area contributed by atoms with Crippen molar-refractivity contribution in [3.8, 4) is 0 Å². The quantitative estimate of drug-likeness (QED) is 0.577. The van der Waals surface area contributed by atoms with Gasteiger partial charge in [-0.15, -0.1) is 0 Å². The summed E-state index contributed by atoms with van der Waals surface area (Å²) in [6.45, 7) is 5.88. The Bertz CT molecular complexity index is 92.7. The summed E-state index contributed by atoms with van der Waals surface area (Å²) in [6.07, 6.45) is 4.06. The summed E-state index contributed by atoms with van der Waals surface area (Å²) in [7, 11) is 0. The lowest BCUT2D eigenvalue weighted by Gasteiger charge is -2.02. The van der Waals surface area contributed by atoms with Crippen LogP contribution in [0.4, 0.5) is 0 Å². The standard InChI is InChI=1S/C8H16O/c1-4-5-6-7(2)8(3)9/h6,8-9H,4-5H2,1-3H3/b7-6+. The highest BCUT2D eigenvalue weighted by atomic mass is 16.3. The lowest BCUT2D eigenvalue weighted by atomic mass is 10.1. The van der Waals surface area contributed by atoms with Gasteiger partial charge in [-0.25, -0.2) is 0 Å². The number of unbranched alkanes of at least 4 members (excludes halogenated alkanes) is 1. The van der Waals surface area contributed by atoms with Gasteiger partial charge in [0.15, 0.2) is 0 Å². The molecule has 9 heavy (non-hydrogen) atoms. The van der Waals surface area contributed by atoms with Gasteiger partial charge in [0.2, 0.25) is 0 Å². The molecule has 1 atom stereocenters. The van der Waals surface area contributed by atoms with Gasteiger partial charge in [-0.3, -0.25) is 0 Å². The fraction of sp³-hybridized carbons (Fsp3) is 0.750. The topological polar surface area (TPSA) is 20.2 Å². The van der Waals surface area contributed by atoms with Crippen molar-refractivity contribution < 1.29 is 5.11 Å². The van der Waals surface area contributed by atoms with E-state index in [0.29, 0.717) is 0 Å². The highest BCUT2D eigenvalue weighted by Crippen LogP contribution is 2.02. The summed E-state index contributed by atoms with van der Waals surface area (Å²) in [5, 5.41) is 8.98. The van der Waals surface area contributed by atoms with E-state index >= 15 is 0 Å². The van der Waals surface area contributed by atoms with Gasteiger partial charge in [-0.05, 0) is 25.8 Å². The van der Waals surface area contributed by atoms with Gasteiger partial charge in [0.05, 0.1) is 6.10 Å². The van der Waals surface area contributed by atoms with Gasteiger partial charge in [-0.1, -0.05) is 19.4 Å². The average molecular weight is 128 g/mol. The Hall–Kier alpha value is -0.300. The van der Waals surface area contributed by atoms with E-state index < -0.39 is 0 Å². The van der Waals surface area contributed by atoms with Gasteiger partial charge in [0.1, 0.15) is 0 Å². The van der Waals surface area contributed by atoms with Crippen molar-refractivity contribution in [3.63, 3.8) is 0 Å². The van der Waals surface area contributed by atoms with Gasteiger partial charge in [-0.2, -0.15) is 0 Å². The highest BCUT2D eigenvalue weighted by molar-refractivity contribution is 5.02. The number of hydrogen-bond donors (Lipinski definition) is 1. The Kier molecular flexibility index (Phi) is 4.41. The minimum absolute atomic E-state index is 0.267. The Morgan fingerprint density at radius 2 is 2.22 bits per heavy atom. The van der Waals surface area contributed by atoms with Crippen LogP contribution in [0.5, 0.6) is 0 Å². The second-order valence-electron chi connectivity index (χ2n) is 2.41. The van der Waals surface area contributed by atoms with E-state index in [9.17, 15) is 0 Å². The molecule has 0 bridgehead atoms. The van der Waals surface area contributed by atoms with Crippen LogP contribution in [0.3, 0.4) is 0 Å². The lowest BCUT2D eigenvalue weighted by molar-refractivity contribution is 0.231. The van der Waals surface area contributed by atoms with Crippen molar-refractivity contribution in [2.24, 2.45) is 0 Å². The first-order valence-electron chi connectivity index (χ1n) is 3.53. The molecule has 0 spiro atoms. The summed E-state index contributed by atoms with van der Waals surface area (Å²) >= 11 is 0. The van der Waals surface area contributed by atoms with Crippen LogP contribution >= 0.6 is 0 Å². The van der Waals surface area contributed by atoms with E-state index in [0.717, 1.165) is 18.4 Å². The largest absolute Gasteiger partial charge is 0.389 e. The zero-order valence-electron chi connectivity index (χ0n) is 6.52. The van der Waals surface area contributed by atoms with Crippen molar-refractivity contribution in [2.45, 2.75) is 39.7 Å². The zero-order chi connectivity index (χ0) is 7.28. The van der Waals surface area contributed by atoms with Crippen LogP contribution in [0.2, 0.25) is 0 Å². The monoisotopic (exact) mass is 128 g/mol. The first kappa shape index (κ1) is 8.70. The fourth-order valence-corrected chi connectivity index (χ4v) is 0.543. The highest BCUT2D eigenvalue weighted by Gasteiger charge is 1.94. The maximum atomic E-state index is 8.98. The van der Waals surface area contributed by atoms with Crippen LogP contribution in [0, 0.1) is 0 Å². The molecule has 0 aliphatic carbocycles.